The number of aromatic nitrogens is 2. The lowest BCUT2D eigenvalue weighted by atomic mass is 10.1. The van der Waals surface area contributed by atoms with Gasteiger partial charge < -0.3 is 10.2 Å². The first-order valence-electron chi connectivity index (χ1n) is 7.89. The van der Waals surface area contributed by atoms with Gasteiger partial charge in [0.15, 0.2) is 5.69 Å². The van der Waals surface area contributed by atoms with Gasteiger partial charge in [-0.25, -0.2) is 9.97 Å². The SMILES string of the molecule is CC(NC(=O)c1nc(N2CCCC2)ncc1Cl)c1ccccc1Cl. The minimum atomic E-state index is -0.338. The lowest BCUT2D eigenvalue weighted by Gasteiger charge is -2.18. The van der Waals surface area contributed by atoms with Crippen molar-refractivity contribution in [3.05, 3.63) is 51.8 Å². The molecule has 1 unspecified atom stereocenters. The van der Waals surface area contributed by atoms with E-state index in [2.05, 4.69) is 20.2 Å². The smallest absolute Gasteiger partial charge is 0.272 e. The van der Waals surface area contributed by atoms with Crippen LogP contribution in [0.15, 0.2) is 30.5 Å². The molecule has 126 valence electrons. The number of nitrogens with zero attached hydrogens (tertiary/aromatic N) is 3. The van der Waals surface area contributed by atoms with Gasteiger partial charge in [0.2, 0.25) is 5.95 Å². The summed E-state index contributed by atoms with van der Waals surface area (Å²) in [5, 5.41) is 3.74. The number of benzene rings is 1. The Labute approximate surface area is 151 Å². The molecule has 2 aromatic rings. The van der Waals surface area contributed by atoms with E-state index in [0.717, 1.165) is 31.5 Å². The fourth-order valence-electron chi connectivity index (χ4n) is 2.76. The van der Waals surface area contributed by atoms with Crippen molar-refractivity contribution in [3.8, 4) is 0 Å². The van der Waals surface area contributed by atoms with Gasteiger partial charge in [0.1, 0.15) is 0 Å². The van der Waals surface area contributed by atoms with Crippen LogP contribution in [0.25, 0.3) is 0 Å². The summed E-state index contributed by atoms with van der Waals surface area (Å²) in [5.41, 5.74) is 1.03. The van der Waals surface area contributed by atoms with Crippen LogP contribution in [0.5, 0.6) is 0 Å². The van der Waals surface area contributed by atoms with Gasteiger partial charge in [0, 0.05) is 18.1 Å². The number of hydrogen-bond donors (Lipinski definition) is 1. The van der Waals surface area contributed by atoms with Gasteiger partial charge in [-0.1, -0.05) is 41.4 Å². The number of carbonyl (C=O) groups is 1. The van der Waals surface area contributed by atoms with Crippen molar-refractivity contribution in [2.75, 3.05) is 18.0 Å². The molecule has 2 heterocycles. The second-order valence-corrected chi connectivity index (χ2v) is 6.59. The van der Waals surface area contributed by atoms with E-state index < -0.39 is 0 Å². The molecule has 1 fully saturated rings. The fourth-order valence-corrected chi connectivity index (χ4v) is 3.23. The first kappa shape index (κ1) is 17.0. The highest BCUT2D eigenvalue weighted by molar-refractivity contribution is 6.33. The first-order valence-corrected chi connectivity index (χ1v) is 8.64. The zero-order valence-electron chi connectivity index (χ0n) is 13.3. The van der Waals surface area contributed by atoms with Crippen molar-refractivity contribution in [1.82, 2.24) is 15.3 Å². The molecule has 1 aromatic carbocycles. The summed E-state index contributed by atoms with van der Waals surface area (Å²) >= 11 is 12.3. The van der Waals surface area contributed by atoms with E-state index in [1.54, 1.807) is 6.07 Å². The lowest BCUT2D eigenvalue weighted by molar-refractivity contribution is 0.0935. The fraction of sp³-hybridized carbons (Fsp3) is 0.353. The number of nitrogens with one attached hydrogen (secondary N) is 1. The van der Waals surface area contributed by atoms with E-state index >= 15 is 0 Å². The normalized spacial score (nSPS) is 15.4. The zero-order chi connectivity index (χ0) is 17.1. The van der Waals surface area contributed by atoms with Crippen LogP contribution in [-0.4, -0.2) is 29.0 Å². The number of anilines is 1. The molecule has 1 aliphatic rings. The second-order valence-electron chi connectivity index (χ2n) is 5.78. The molecule has 1 aromatic heterocycles. The van der Waals surface area contributed by atoms with Crippen LogP contribution < -0.4 is 10.2 Å². The molecular formula is C17H18Cl2N4O. The van der Waals surface area contributed by atoms with Crippen LogP contribution >= 0.6 is 23.2 Å². The highest BCUT2D eigenvalue weighted by atomic mass is 35.5. The zero-order valence-corrected chi connectivity index (χ0v) is 14.8. The van der Waals surface area contributed by atoms with Gasteiger partial charge in [0.05, 0.1) is 17.3 Å². The molecule has 1 N–H and O–H groups in total. The molecular weight excluding hydrogens is 347 g/mol. The van der Waals surface area contributed by atoms with E-state index in [0.29, 0.717) is 11.0 Å². The van der Waals surface area contributed by atoms with Gasteiger partial charge in [-0.2, -0.15) is 0 Å². The van der Waals surface area contributed by atoms with E-state index in [4.69, 9.17) is 23.2 Å². The van der Waals surface area contributed by atoms with E-state index in [9.17, 15) is 4.79 Å². The molecule has 0 aliphatic carbocycles. The quantitative estimate of drug-likeness (QED) is 0.894. The van der Waals surface area contributed by atoms with Crippen LogP contribution in [0, 0.1) is 0 Å². The molecule has 1 atom stereocenters. The number of carbonyl (C=O) groups excluding carboxylic acids is 1. The molecule has 1 aliphatic heterocycles. The Morgan fingerprint density at radius 3 is 2.62 bits per heavy atom. The molecule has 1 amide bonds. The Morgan fingerprint density at radius 2 is 1.92 bits per heavy atom. The second kappa shape index (κ2) is 7.36. The van der Waals surface area contributed by atoms with Crippen molar-refractivity contribution in [1.29, 1.82) is 0 Å². The average Bonchev–Trinajstić information content (AvgIpc) is 3.10. The Balaban J connectivity index is 1.79. The average molecular weight is 365 g/mol. The number of hydrogen-bond acceptors (Lipinski definition) is 4. The summed E-state index contributed by atoms with van der Waals surface area (Å²) in [6.07, 6.45) is 3.70. The molecule has 7 heteroatoms. The van der Waals surface area contributed by atoms with Crippen LogP contribution in [0.3, 0.4) is 0 Å². The third-order valence-electron chi connectivity index (χ3n) is 4.05. The van der Waals surface area contributed by atoms with Gasteiger partial charge >= 0.3 is 0 Å². The van der Waals surface area contributed by atoms with Crippen LogP contribution in [0.4, 0.5) is 5.95 Å². The molecule has 1 saturated heterocycles. The minimum Gasteiger partial charge on any atom is -0.344 e. The molecule has 5 nitrogen and oxygen atoms in total. The predicted octanol–water partition coefficient (Wildman–Crippen LogP) is 3.87. The molecule has 3 rings (SSSR count). The maximum absolute atomic E-state index is 12.6. The highest BCUT2D eigenvalue weighted by Gasteiger charge is 2.21. The molecule has 0 bridgehead atoms. The van der Waals surface area contributed by atoms with Gasteiger partial charge in [0.25, 0.3) is 5.91 Å². The summed E-state index contributed by atoms with van der Waals surface area (Å²) in [5.74, 6) is 0.211. The van der Waals surface area contributed by atoms with Crippen LogP contribution in [-0.2, 0) is 0 Å². The van der Waals surface area contributed by atoms with E-state index in [-0.39, 0.29) is 22.7 Å². The van der Waals surface area contributed by atoms with Gasteiger partial charge in [-0.05, 0) is 31.4 Å². The third kappa shape index (κ3) is 3.62. The Morgan fingerprint density at radius 1 is 1.21 bits per heavy atom. The summed E-state index contributed by atoms with van der Waals surface area (Å²) in [4.78, 5) is 23.2. The Hall–Kier alpha value is -1.85. The first-order chi connectivity index (χ1) is 11.6. The van der Waals surface area contributed by atoms with Crippen LogP contribution in [0.2, 0.25) is 10.0 Å². The topological polar surface area (TPSA) is 58.1 Å². The summed E-state index contributed by atoms with van der Waals surface area (Å²) in [7, 11) is 0. The standard InChI is InChI=1S/C17H18Cl2N4O/c1-11(12-6-2-3-7-13(12)18)21-16(24)15-14(19)10-20-17(22-15)23-8-4-5-9-23/h2-3,6-7,10-11H,4-5,8-9H2,1H3,(H,21,24). The third-order valence-corrected chi connectivity index (χ3v) is 4.68. The summed E-state index contributed by atoms with van der Waals surface area (Å²) < 4.78 is 0. The van der Waals surface area contributed by atoms with E-state index in [1.807, 2.05) is 25.1 Å². The van der Waals surface area contributed by atoms with E-state index in [1.165, 1.54) is 6.20 Å². The maximum atomic E-state index is 12.6. The summed E-state index contributed by atoms with van der Waals surface area (Å²) in [6.45, 7) is 3.67. The molecule has 24 heavy (non-hydrogen) atoms. The van der Waals surface area contributed by atoms with Crippen LogP contribution in [0.1, 0.15) is 41.9 Å². The van der Waals surface area contributed by atoms with Gasteiger partial charge in [-0.3, -0.25) is 4.79 Å². The molecule has 0 spiro atoms. The Bertz CT molecular complexity index is 747. The molecule has 0 saturated carbocycles. The monoisotopic (exact) mass is 364 g/mol. The van der Waals surface area contributed by atoms with Crippen molar-refractivity contribution >= 4 is 35.1 Å². The minimum absolute atomic E-state index is 0.187. The van der Waals surface area contributed by atoms with Crippen molar-refractivity contribution in [3.63, 3.8) is 0 Å². The lowest BCUT2D eigenvalue weighted by Crippen LogP contribution is -2.29. The largest absolute Gasteiger partial charge is 0.344 e. The van der Waals surface area contributed by atoms with Crippen molar-refractivity contribution < 1.29 is 4.79 Å². The number of amides is 1. The maximum Gasteiger partial charge on any atom is 0.272 e. The number of halogens is 2. The number of rotatable bonds is 4. The van der Waals surface area contributed by atoms with Gasteiger partial charge in [-0.15, -0.1) is 0 Å². The Kier molecular flexibility index (Phi) is 5.21. The highest BCUT2D eigenvalue weighted by Crippen LogP contribution is 2.24. The molecule has 0 radical (unpaired) electrons. The van der Waals surface area contributed by atoms with Crippen molar-refractivity contribution in [2.45, 2.75) is 25.8 Å². The summed E-state index contributed by atoms with van der Waals surface area (Å²) in [6, 6.07) is 7.15. The predicted molar refractivity (Wildman–Crippen MR) is 95.8 cm³/mol. The van der Waals surface area contributed by atoms with Crippen molar-refractivity contribution in [2.24, 2.45) is 0 Å².